The fraction of sp³-hybridized carbons (Fsp3) is 0.333. The Bertz CT molecular complexity index is 786. The maximum Gasteiger partial charge on any atom is 0.416 e. The molecule has 1 aromatic heterocycles. The molecule has 26 heavy (non-hydrogen) atoms. The van der Waals surface area contributed by atoms with Crippen molar-refractivity contribution in [1.29, 1.82) is 0 Å². The number of benzene rings is 1. The molecular weight excluding hydrogens is 345 g/mol. The number of nitrogens with zero attached hydrogens (tertiary/aromatic N) is 2. The van der Waals surface area contributed by atoms with E-state index in [2.05, 4.69) is 10.3 Å². The third-order valence-corrected chi connectivity index (χ3v) is 4.32. The molecule has 1 saturated heterocycles. The Hall–Kier alpha value is -2.61. The molecule has 0 radical (unpaired) electrons. The SMILES string of the molecule is NC1CCN(C(=O)c2cccnc2Nc2cccc(C(F)(F)F)c2)CC1. The summed E-state index contributed by atoms with van der Waals surface area (Å²) in [5, 5.41) is 2.83. The zero-order chi connectivity index (χ0) is 18.7. The van der Waals surface area contributed by atoms with Crippen LogP contribution in [-0.4, -0.2) is 34.9 Å². The van der Waals surface area contributed by atoms with E-state index in [-0.39, 0.29) is 23.5 Å². The standard InChI is InChI=1S/C18H19F3N4O/c19-18(20,21)12-3-1-4-14(11-12)24-16-15(5-2-8-23-16)17(26)25-9-6-13(22)7-10-25/h1-5,8,11,13H,6-7,9-10,22H2,(H,23,24). The highest BCUT2D eigenvalue weighted by atomic mass is 19.4. The number of nitrogens with two attached hydrogens (primary N) is 1. The van der Waals surface area contributed by atoms with Crippen molar-refractivity contribution in [2.45, 2.75) is 25.1 Å². The van der Waals surface area contributed by atoms with Crippen LogP contribution in [-0.2, 0) is 6.18 Å². The third kappa shape index (κ3) is 4.13. The molecule has 3 rings (SSSR count). The molecule has 8 heteroatoms. The molecule has 1 aliphatic rings. The highest BCUT2D eigenvalue weighted by molar-refractivity contribution is 5.99. The zero-order valence-corrected chi connectivity index (χ0v) is 14.0. The molecule has 1 amide bonds. The second-order valence-corrected chi connectivity index (χ2v) is 6.23. The first-order valence-electron chi connectivity index (χ1n) is 8.29. The number of hydrogen-bond acceptors (Lipinski definition) is 4. The van der Waals surface area contributed by atoms with Gasteiger partial charge in [0.1, 0.15) is 5.82 Å². The number of aromatic nitrogens is 1. The average molecular weight is 364 g/mol. The molecule has 0 atom stereocenters. The lowest BCUT2D eigenvalue weighted by molar-refractivity contribution is -0.137. The predicted molar refractivity (Wildman–Crippen MR) is 92.1 cm³/mol. The smallest absolute Gasteiger partial charge is 0.340 e. The third-order valence-electron chi connectivity index (χ3n) is 4.32. The van der Waals surface area contributed by atoms with Crippen molar-refractivity contribution in [1.82, 2.24) is 9.88 Å². The fourth-order valence-corrected chi connectivity index (χ4v) is 2.86. The maximum absolute atomic E-state index is 12.9. The molecule has 2 heterocycles. The minimum Gasteiger partial charge on any atom is -0.340 e. The van der Waals surface area contributed by atoms with Gasteiger partial charge in [0.2, 0.25) is 0 Å². The summed E-state index contributed by atoms with van der Waals surface area (Å²) < 4.78 is 38.6. The number of carbonyl (C=O) groups is 1. The summed E-state index contributed by atoms with van der Waals surface area (Å²) in [5.74, 6) is 0.0196. The van der Waals surface area contributed by atoms with Gasteiger partial charge < -0.3 is 16.0 Å². The summed E-state index contributed by atoms with van der Waals surface area (Å²) in [6, 6.07) is 8.12. The predicted octanol–water partition coefficient (Wildman–Crippen LogP) is 3.41. The number of hydrogen-bond donors (Lipinski definition) is 2. The van der Waals surface area contributed by atoms with Crippen LogP contribution in [0.15, 0.2) is 42.6 Å². The molecule has 3 N–H and O–H groups in total. The molecule has 0 spiro atoms. The van der Waals surface area contributed by atoms with E-state index in [0.717, 1.165) is 25.0 Å². The van der Waals surface area contributed by atoms with Crippen LogP contribution in [0.2, 0.25) is 0 Å². The number of alkyl halides is 3. The number of piperidine rings is 1. The van der Waals surface area contributed by atoms with Crippen molar-refractivity contribution in [3.05, 3.63) is 53.7 Å². The van der Waals surface area contributed by atoms with E-state index >= 15 is 0 Å². The Morgan fingerprint density at radius 1 is 1.19 bits per heavy atom. The van der Waals surface area contributed by atoms with Crippen LogP contribution in [0.25, 0.3) is 0 Å². The minimum absolute atomic E-state index is 0.0932. The molecule has 0 aliphatic carbocycles. The number of pyridine rings is 1. The van der Waals surface area contributed by atoms with Crippen molar-refractivity contribution in [3.8, 4) is 0 Å². The Kier molecular flexibility index (Phi) is 5.13. The molecule has 138 valence electrons. The first-order valence-corrected chi connectivity index (χ1v) is 8.29. The molecule has 1 fully saturated rings. The number of likely N-dealkylation sites (tertiary alicyclic amines) is 1. The summed E-state index contributed by atoms with van der Waals surface area (Å²) in [5.41, 5.74) is 5.63. The minimum atomic E-state index is -4.44. The highest BCUT2D eigenvalue weighted by Gasteiger charge is 2.30. The molecule has 2 aromatic rings. The number of carbonyl (C=O) groups excluding carboxylic acids is 1. The van der Waals surface area contributed by atoms with Crippen molar-refractivity contribution >= 4 is 17.4 Å². The lowest BCUT2D eigenvalue weighted by Gasteiger charge is -2.30. The maximum atomic E-state index is 12.9. The van der Waals surface area contributed by atoms with Gasteiger partial charge in [-0.15, -0.1) is 0 Å². The van der Waals surface area contributed by atoms with Crippen LogP contribution in [0.4, 0.5) is 24.7 Å². The van der Waals surface area contributed by atoms with E-state index in [1.54, 1.807) is 17.0 Å². The van der Waals surface area contributed by atoms with E-state index in [1.807, 2.05) is 0 Å². The topological polar surface area (TPSA) is 71.2 Å². The Morgan fingerprint density at radius 3 is 2.62 bits per heavy atom. The monoisotopic (exact) mass is 364 g/mol. The van der Waals surface area contributed by atoms with Crippen LogP contribution >= 0.6 is 0 Å². The van der Waals surface area contributed by atoms with E-state index in [0.29, 0.717) is 18.7 Å². The van der Waals surface area contributed by atoms with Gasteiger partial charge in [0.25, 0.3) is 5.91 Å². The molecule has 0 unspecified atom stereocenters. The highest BCUT2D eigenvalue weighted by Crippen LogP contribution is 2.31. The molecule has 5 nitrogen and oxygen atoms in total. The Morgan fingerprint density at radius 2 is 1.92 bits per heavy atom. The van der Waals surface area contributed by atoms with Gasteiger partial charge in [-0.1, -0.05) is 6.07 Å². The summed E-state index contributed by atoms with van der Waals surface area (Å²) >= 11 is 0. The van der Waals surface area contributed by atoms with E-state index in [1.165, 1.54) is 18.3 Å². The van der Waals surface area contributed by atoms with E-state index in [4.69, 9.17) is 5.73 Å². The van der Waals surface area contributed by atoms with Gasteiger partial charge in [0.05, 0.1) is 11.1 Å². The van der Waals surface area contributed by atoms with Gasteiger partial charge in [-0.25, -0.2) is 4.98 Å². The Balaban J connectivity index is 1.83. The van der Waals surface area contributed by atoms with Crippen molar-refractivity contribution < 1.29 is 18.0 Å². The number of nitrogens with one attached hydrogen (secondary N) is 1. The van der Waals surface area contributed by atoms with Gasteiger partial charge in [-0.2, -0.15) is 13.2 Å². The number of rotatable bonds is 3. The summed E-state index contributed by atoms with van der Waals surface area (Å²) in [6.07, 6.45) is -1.50. The lowest BCUT2D eigenvalue weighted by atomic mass is 10.1. The quantitative estimate of drug-likeness (QED) is 0.876. The van der Waals surface area contributed by atoms with Gasteiger partial charge in [0.15, 0.2) is 0 Å². The number of anilines is 2. The van der Waals surface area contributed by atoms with E-state index in [9.17, 15) is 18.0 Å². The van der Waals surface area contributed by atoms with Gasteiger partial charge >= 0.3 is 6.18 Å². The first kappa shape index (κ1) is 18.2. The molecule has 0 saturated carbocycles. The molecule has 0 bridgehead atoms. The lowest BCUT2D eigenvalue weighted by Crippen LogP contribution is -2.43. The van der Waals surface area contributed by atoms with Crippen LogP contribution in [0.1, 0.15) is 28.8 Å². The van der Waals surface area contributed by atoms with Crippen LogP contribution in [0.3, 0.4) is 0 Å². The van der Waals surface area contributed by atoms with Crippen molar-refractivity contribution in [3.63, 3.8) is 0 Å². The normalized spacial score (nSPS) is 15.8. The fourth-order valence-electron chi connectivity index (χ4n) is 2.86. The van der Waals surface area contributed by atoms with Crippen LogP contribution in [0.5, 0.6) is 0 Å². The first-order chi connectivity index (χ1) is 12.3. The number of halogens is 3. The second-order valence-electron chi connectivity index (χ2n) is 6.23. The number of amides is 1. The van der Waals surface area contributed by atoms with Gasteiger partial charge in [-0.05, 0) is 43.2 Å². The largest absolute Gasteiger partial charge is 0.416 e. The van der Waals surface area contributed by atoms with E-state index < -0.39 is 11.7 Å². The summed E-state index contributed by atoms with van der Waals surface area (Å²) in [6.45, 7) is 1.11. The average Bonchev–Trinajstić information content (AvgIpc) is 2.62. The molecule has 1 aliphatic heterocycles. The van der Waals surface area contributed by atoms with Gasteiger partial charge in [-0.3, -0.25) is 4.79 Å². The van der Waals surface area contributed by atoms with Gasteiger partial charge in [0, 0.05) is 31.0 Å². The summed E-state index contributed by atoms with van der Waals surface area (Å²) in [7, 11) is 0. The van der Waals surface area contributed by atoms with Crippen LogP contribution < -0.4 is 11.1 Å². The molecule has 1 aromatic carbocycles. The van der Waals surface area contributed by atoms with Crippen LogP contribution in [0, 0.1) is 0 Å². The summed E-state index contributed by atoms with van der Waals surface area (Å²) in [4.78, 5) is 18.6. The van der Waals surface area contributed by atoms with Crippen molar-refractivity contribution in [2.75, 3.05) is 18.4 Å². The second kappa shape index (κ2) is 7.33. The van der Waals surface area contributed by atoms with Crippen molar-refractivity contribution in [2.24, 2.45) is 5.73 Å². The Labute approximate surface area is 149 Å². The molecular formula is C18H19F3N4O. The zero-order valence-electron chi connectivity index (χ0n) is 14.0.